The smallest absolute Gasteiger partial charge is 0.241 e. The van der Waals surface area contributed by atoms with Crippen LogP contribution < -0.4 is 10.6 Å². The normalized spacial score (nSPS) is 13.6. The summed E-state index contributed by atoms with van der Waals surface area (Å²) in [6.45, 7) is 0.0496. The van der Waals surface area contributed by atoms with Crippen molar-refractivity contribution >= 4 is 29.1 Å². The van der Waals surface area contributed by atoms with Crippen LogP contribution in [0.1, 0.15) is 23.3 Å². The van der Waals surface area contributed by atoms with Gasteiger partial charge in [-0.25, -0.2) is 0 Å². The lowest BCUT2D eigenvalue weighted by molar-refractivity contribution is -0.123. The van der Waals surface area contributed by atoms with E-state index in [1.54, 1.807) is 49.4 Å². The average Bonchev–Trinajstić information content (AvgIpc) is 2.90. The van der Waals surface area contributed by atoms with Gasteiger partial charge in [-0.3, -0.25) is 9.48 Å². The zero-order valence-electron chi connectivity index (χ0n) is 12.8. The third-order valence-electron chi connectivity index (χ3n) is 3.35. The number of carbonyl (C=O) groups excluding carboxylic acids is 1. The zero-order valence-corrected chi connectivity index (χ0v) is 14.3. The number of hydrogen-bond acceptors (Lipinski definition) is 4. The minimum Gasteiger partial charge on any atom is -0.387 e. The molecule has 0 radical (unpaired) electrons. The van der Waals surface area contributed by atoms with E-state index >= 15 is 0 Å². The molecule has 0 fully saturated rings. The summed E-state index contributed by atoms with van der Waals surface area (Å²) in [6.07, 6.45) is 2.48. The summed E-state index contributed by atoms with van der Waals surface area (Å²) in [5, 5.41) is 20.7. The number of aliphatic hydroxyl groups excluding tert-OH is 1. The van der Waals surface area contributed by atoms with Crippen LogP contribution in [0.4, 0.5) is 0 Å². The second-order valence-corrected chi connectivity index (χ2v) is 6.01. The summed E-state index contributed by atoms with van der Waals surface area (Å²) in [5.41, 5.74) is 1.29. The number of likely N-dealkylation sites (N-methyl/N-ethyl adjacent to an activating group) is 1. The third kappa shape index (κ3) is 4.68. The van der Waals surface area contributed by atoms with E-state index in [1.807, 2.05) is 0 Å². The summed E-state index contributed by atoms with van der Waals surface area (Å²) in [7, 11) is 3.46. The molecular weight excluding hydrogens is 339 g/mol. The van der Waals surface area contributed by atoms with Crippen molar-refractivity contribution < 1.29 is 9.90 Å². The van der Waals surface area contributed by atoms with Crippen molar-refractivity contribution in [3.8, 4) is 0 Å². The average molecular weight is 357 g/mol. The van der Waals surface area contributed by atoms with Gasteiger partial charge in [0.05, 0.1) is 12.3 Å². The molecule has 1 aromatic carbocycles. The van der Waals surface area contributed by atoms with E-state index in [0.717, 1.165) is 5.56 Å². The van der Waals surface area contributed by atoms with Gasteiger partial charge in [-0.2, -0.15) is 5.10 Å². The Morgan fingerprint density at radius 2 is 1.96 bits per heavy atom. The molecule has 0 saturated carbocycles. The largest absolute Gasteiger partial charge is 0.387 e. The Kier molecular flexibility index (Phi) is 6.01. The van der Waals surface area contributed by atoms with Crippen LogP contribution in [0.5, 0.6) is 0 Å². The van der Waals surface area contributed by atoms with Crippen molar-refractivity contribution in [2.24, 2.45) is 7.05 Å². The number of aromatic nitrogens is 2. The monoisotopic (exact) mass is 356 g/mol. The SMILES string of the molecule is CNC(C(=O)NCC(O)c1cc(Cl)cc(Cl)c1)c1cnn(C)c1. The van der Waals surface area contributed by atoms with Gasteiger partial charge < -0.3 is 15.7 Å². The Balaban J connectivity index is 1.99. The molecule has 0 aliphatic rings. The minimum absolute atomic E-state index is 0.0496. The van der Waals surface area contributed by atoms with Crippen LogP contribution in [0, 0.1) is 0 Å². The summed E-state index contributed by atoms with van der Waals surface area (Å²) in [4.78, 5) is 12.3. The van der Waals surface area contributed by atoms with Gasteiger partial charge in [0.1, 0.15) is 6.04 Å². The number of amides is 1. The molecule has 2 aromatic rings. The third-order valence-corrected chi connectivity index (χ3v) is 3.78. The predicted molar refractivity (Wildman–Crippen MR) is 89.4 cm³/mol. The molecule has 2 rings (SSSR count). The first-order valence-electron chi connectivity index (χ1n) is 6.98. The maximum Gasteiger partial charge on any atom is 0.241 e. The molecular formula is C15H18Cl2N4O2. The van der Waals surface area contributed by atoms with Crippen molar-refractivity contribution in [2.45, 2.75) is 12.1 Å². The summed E-state index contributed by atoms with van der Waals surface area (Å²) >= 11 is 11.8. The molecule has 2 atom stereocenters. The van der Waals surface area contributed by atoms with Crippen LogP contribution in [0.2, 0.25) is 10.0 Å². The Hall–Kier alpha value is -1.60. The highest BCUT2D eigenvalue weighted by Crippen LogP contribution is 2.23. The Morgan fingerprint density at radius 3 is 2.48 bits per heavy atom. The molecule has 6 nitrogen and oxygen atoms in total. The highest BCUT2D eigenvalue weighted by molar-refractivity contribution is 6.34. The number of aryl methyl sites for hydroxylation is 1. The molecule has 1 heterocycles. The molecule has 2 unspecified atom stereocenters. The second kappa shape index (κ2) is 7.79. The molecule has 1 amide bonds. The molecule has 1 aromatic heterocycles. The number of rotatable bonds is 6. The van der Waals surface area contributed by atoms with Gasteiger partial charge in [0.15, 0.2) is 0 Å². The van der Waals surface area contributed by atoms with Crippen LogP contribution in [0.15, 0.2) is 30.6 Å². The van der Waals surface area contributed by atoms with E-state index in [4.69, 9.17) is 23.2 Å². The number of nitrogens with zero attached hydrogens (tertiary/aromatic N) is 2. The van der Waals surface area contributed by atoms with Crippen LogP contribution in [0.25, 0.3) is 0 Å². The fourth-order valence-electron chi connectivity index (χ4n) is 2.22. The standard InChI is InChI=1S/C15H18Cl2N4O2/c1-18-14(10-6-20-21(2)8-10)15(23)19-7-13(22)9-3-11(16)5-12(17)4-9/h3-6,8,13-14,18,22H,7H2,1-2H3,(H,19,23). The van der Waals surface area contributed by atoms with Gasteiger partial charge in [-0.15, -0.1) is 0 Å². The maximum absolute atomic E-state index is 12.3. The number of nitrogens with one attached hydrogen (secondary N) is 2. The first-order chi connectivity index (χ1) is 10.9. The molecule has 3 N–H and O–H groups in total. The van der Waals surface area contributed by atoms with E-state index in [0.29, 0.717) is 15.6 Å². The van der Waals surface area contributed by atoms with Crippen molar-refractivity contribution in [3.05, 3.63) is 51.8 Å². The van der Waals surface area contributed by atoms with Crippen molar-refractivity contribution in [1.29, 1.82) is 0 Å². The van der Waals surface area contributed by atoms with Crippen LogP contribution in [-0.2, 0) is 11.8 Å². The van der Waals surface area contributed by atoms with Gasteiger partial charge in [-0.1, -0.05) is 23.2 Å². The number of aliphatic hydroxyl groups is 1. The highest BCUT2D eigenvalue weighted by atomic mass is 35.5. The second-order valence-electron chi connectivity index (χ2n) is 5.13. The molecule has 0 saturated heterocycles. The first-order valence-corrected chi connectivity index (χ1v) is 7.74. The lowest BCUT2D eigenvalue weighted by Gasteiger charge is -2.17. The predicted octanol–water partition coefficient (Wildman–Crippen LogP) is 1.84. The molecule has 0 aliphatic carbocycles. The lowest BCUT2D eigenvalue weighted by atomic mass is 10.1. The summed E-state index contributed by atoms with van der Waals surface area (Å²) in [6, 6.07) is 4.26. The molecule has 23 heavy (non-hydrogen) atoms. The van der Waals surface area contributed by atoms with Crippen molar-refractivity contribution in [3.63, 3.8) is 0 Å². The van der Waals surface area contributed by atoms with E-state index in [1.165, 1.54) is 0 Å². The Bertz CT molecular complexity index is 670. The number of halogens is 2. The molecule has 124 valence electrons. The summed E-state index contributed by atoms with van der Waals surface area (Å²) < 4.78 is 1.62. The van der Waals surface area contributed by atoms with Crippen LogP contribution >= 0.6 is 23.2 Å². The topological polar surface area (TPSA) is 79.2 Å². The fraction of sp³-hybridized carbons (Fsp3) is 0.333. The number of hydrogen-bond donors (Lipinski definition) is 3. The van der Waals surface area contributed by atoms with E-state index in [2.05, 4.69) is 15.7 Å². The van der Waals surface area contributed by atoms with Gasteiger partial charge in [0.2, 0.25) is 5.91 Å². The number of carbonyl (C=O) groups is 1. The van der Waals surface area contributed by atoms with E-state index < -0.39 is 12.1 Å². The molecule has 0 aliphatic heterocycles. The van der Waals surface area contributed by atoms with Crippen molar-refractivity contribution in [2.75, 3.05) is 13.6 Å². The molecule has 8 heteroatoms. The van der Waals surface area contributed by atoms with Gasteiger partial charge >= 0.3 is 0 Å². The minimum atomic E-state index is -0.901. The summed E-state index contributed by atoms with van der Waals surface area (Å²) in [5.74, 6) is -0.257. The van der Waals surface area contributed by atoms with E-state index in [-0.39, 0.29) is 12.5 Å². The molecule has 0 spiro atoms. The Labute approximate surface area is 144 Å². The molecule has 0 bridgehead atoms. The van der Waals surface area contributed by atoms with Crippen molar-refractivity contribution in [1.82, 2.24) is 20.4 Å². The Morgan fingerprint density at radius 1 is 1.30 bits per heavy atom. The van der Waals surface area contributed by atoms with Crippen LogP contribution in [-0.4, -0.2) is 34.4 Å². The maximum atomic E-state index is 12.3. The van der Waals surface area contributed by atoms with E-state index in [9.17, 15) is 9.90 Å². The van der Waals surface area contributed by atoms with Gasteiger partial charge in [-0.05, 0) is 30.8 Å². The lowest BCUT2D eigenvalue weighted by Crippen LogP contribution is -2.37. The quantitative estimate of drug-likeness (QED) is 0.737. The van der Waals surface area contributed by atoms with Gasteiger partial charge in [0, 0.05) is 35.4 Å². The fourth-order valence-corrected chi connectivity index (χ4v) is 2.77. The zero-order chi connectivity index (χ0) is 17.0. The van der Waals surface area contributed by atoms with Gasteiger partial charge in [0.25, 0.3) is 0 Å². The number of benzene rings is 1. The highest BCUT2D eigenvalue weighted by Gasteiger charge is 2.21. The van der Waals surface area contributed by atoms with Crippen LogP contribution in [0.3, 0.4) is 0 Å². The first kappa shape index (κ1) is 17.7.